The molecule has 4 nitrogen and oxygen atoms in total. The quantitative estimate of drug-likeness (QED) is 0.543. The van der Waals surface area contributed by atoms with Crippen LogP contribution < -0.4 is 4.74 Å². The third-order valence-electron chi connectivity index (χ3n) is 3.39. The molecule has 0 bridgehead atoms. The molecule has 0 saturated heterocycles. The van der Waals surface area contributed by atoms with E-state index in [1.54, 1.807) is 49.4 Å². The van der Waals surface area contributed by atoms with Crippen molar-refractivity contribution in [3.63, 3.8) is 0 Å². The van der Waals surface area contributed by atoms with E-state index >= 15 is 0 Å². The first kappa shape index (κ1) is 17.7. The number of hydrogen-bond donors (Lipinski definition) is 0. The van der Waals surface area contributed by atoms with Crippen LogP contribution in [0.4, 0.5) is 4.39 Å². The first-order valence-electron chi connectivity index (χ1n) is 7.75. The van der Waals surface area contributed by atoms with Gasteiger partial charge in [0.05, 0.1) is 13.0 Å². The number of carbonyl (C=O) groups is 2. The van der Waals surface area contributed by atoms with Crippen LogP contribution in [-0.4, -0.2) is 18.4 Å². The summed E-state index contributed by atoms with van der Waals surface area (Å²) in [4.78, 5) is 23.2. The highest BCUT2D eigenvalue weighted by Crippen LogP contribution is 2.17. The van der Waals surface area contributed by atoms with Gasteiger partial charge < -0.3 is 9.47 Å². The molecule has 0 N–H and O–H groups in total. The van der Waals surface area contributed by atoms with Gasteiger partial charge in [0, 0.05) is 17.5 Å². The second-order valence-corrected chi connectivity index (χ2v) is 5.13. The molecule has 0 aliphatic rings. The van der Waals surface area contributed by atoms with Gasteiger partial charge in [-0.05, 0) is 37.3 Å². The molecule has 2 rings (SSSR count). The zero-order valence-corrected chi connectivity index (χ0v) is 13.5. The summed E-state index contributed by atoms with van der Waals surface area (Å²) in [5.74, 6) is -0.289. The molecule has 0 radical (unpaired) electrons. The van der Waals surface area contributed by atoms with Crippen LogP contribution in [0.3, 0.4) is 0 Å². The molecule has 2 aromatic carbocycles. The van der Waals surface area contributed by atoms with Crippen LogP contribution in [0.2, 0.25) is 0 Å². The van der Waals surface area contributed by atoms with E-state index in [0.29, 0.717) is 23.5 Å². The number of benzene rings is 2. The van der Waals surface area contributed by atoms with Gasteiger partial charge in [-0.2, -0.15) is 0 Å². The van der Waals surface area contributed by atoms with E-state index in [1.807, 2.05) is 0 Å². The first-order chi connectivity index (χ1) is 11.6. The van der Waals surface area contributed by atoms with E-state index in [4.69, 9.17) is 9.47 Å². The fraction of sp³-hybridized carbons (Fsp3) is 0.263. The second-order valence-electron chi connectivity index (χ2n) is 5.13. The Labute approximate surface area is 140 Å². The van der Waals surface area contributed by atoms with Gasteiger partial charge in [0.2, 0.25) is 0 Å². The van der Waals surface area contributed by atoms with E-state index < -0.39 is 0 Å². The number of hydrogen-bond acceptors (Lipinski definition) is 4. The van der Waals surface area contributed by atoms with Gasteiger partial charge in [-0.25, -0.2) is 4.39 Å². The zero-order valence-electron chi connectivity index (χ0n) is 13.5. The molecule has 0 heterocycles. The van der Waals surface area contributed by atoms with Gasteiger partial charge >= 0.3 is 5.97 Å². The predicted octanol–water partition coefficient (Wildman–Crippen LogP) is 3.93. The van der Waals surface area contributed by atoms with E-state index in [-0.39, 0.29) is 37.0 Å². The van der Waals surface area contributed by atoms with Crippen LogP contribution in [0.25, 0.3) is 0 Å². The maximum atomic E-state index is 13.5. The number of carbonyl (C=O) groups excluding carboxylic acids is 2. The van der Waals surface area contributed by atoms with Gasteiger partial charge in [-0.15, -0.1) is 0 Å². The van der Waals surface area contributed by atoms with E-state index in [2.05, 4.69) is 0 Å². The zero-order chi connectivity index (χ0) is 17.4. The highest BCUT2D eigenvalue weighted by Gasteiger charge is 2.10. The van der Waals surface area contributed by atoms with Crippen molar-refractivity contribution in [1.29, 1.82) is 0 Å². The van der Waals surface area contributed by atoms with Crippen molar-refractivity contribution in [2.45, 2.75) is 26.4 Å². The molecular weight excluding hydrogens is 311 g/mol. The summed E-state index contributed by atoms with van der Waals surface area (Å²) in [5.41, 5.74) is 0.963. The molecule has 126 valence electrons. The van der Waals surface area contributed by atoms with E-state index in [9.17, 15) is 14.0 Å². The number of esters is 1. The van der Waals surface area contributed by atoms with Crippen molar-refractivity contribution in [2.24, 2.45) is 0 Å². The minimum atomic E-state index is -0.379. The monoisotopic (exact) mass is 330 g/mol. The molecule has 0 saturated carbocycles. The van der Waals surface area contributed by atoms with Gasteiger partial charge in [-0.3, -0.25) is 9.59 Å². The third-order valence-corrected chi connectivity index (χ3v) is 3.39. The third kappa shape index (κ3) is 5.19. The standard InChI is InChI=1S/C19H19FO4/c1-2-23-19(22)12-11-18(21)14-7-9-16(10-8-14)24-13-15-5-3-4-6-17(15)20/h3-10H,2,11-13H2,1H3. The summed E-state index contributed by atoms with van der Waals surface area (Å²) >= 11 is 0. The predicted molar refractivity (Wildman–Crippen MR) is 87.4 cm³/mol. The Morgan fingerprint density at radius 1 is 1.00 bits per heavy atom. The molecule has 5 heteroatoms. The lowest BCUT2D eigenvalue weighted by molar-refractivity contribution is -0.143. The van der Waals surface area contributed by atoms with Crippen molar-refractivity contribution in [3.05, 3.63) is 65.5 Å². The Balaban J connectivity index is 1.87. The van der Waals surface area contributed by atoms with Gasteiger partial charge in [0.1, 0.15) is 18.2 Å². The number of rotatable bonds is 8. The average Bonchev–Trinajstić information content (AvgIpc) is 2.60. The molecule has 0 aliphatic carbocycles. The largest absolute Gasteiger partial charge is 0.489 e. The van der Waals surface area contributed by atoms with E-state index in [1.165, 1.54) is 6.07 Å². The van der Waals surface area contributed by atoms with Crippen LogP contribution >= 0.6 is 0 Å². The summed E-state index contributed by atoms with van der Waals surface area (Å²) in [7, 11) is 0. The van der Waals surface area contributed by atoms with Crippen molar-refractivity contribution in [3.8, 4) is 5.75 Å². The molecule has 0 fully saturated rings. The Morgan fingerprint density at radius 2 is 1.71 bits per heavy atom. The highest BCUT2D eigenvalue weighted by molar-refractivity contribution is 5.97. The number of ketones is 1. The highest BCUT2D eigenvalue weighted by atomic mass is 19.1. The minimum Gasteiger partial charge on any atom is -0.489 e. The first-order valence-corrected chi connectivity index (χ1v) is 7.75. The molecule has 2 aromatic rings. The van der Waals surface area contributed by atoms with Crippen LogP contribution in [0, 0.1) is 5.82 Å². The summed E-state index contributed by atoms with van der Waals surface area (Å²) in [5, 5.41) is 0. The molecule has 24 heavy (non-hydrogen) atoms. The SMILES string of the molecule is CCOC(=O)CCC(=O)c1ccc(OCc2ccccc2F)cc1. The van der Waals surface area contributed by atoms with Crippen molar-refractivity contribution in [2.75, 3.05) is 6.61 Å². The van der Waals surface area contributed by atoms with Crippen molar-refractivity contribution < 1.29 is 23.5 Å². The number of halogens is 1. The lowest BCUT2D eigenvalue weighted by atomic mass is 10.1. The molecule has 0 spiro atoms. The lowest BCUT2D eigenvalue weighted by Gasteiger charge is -2.08. The Kier molecular flexibility index (Phi) is 6.49. The normalized spacial score (nSPS) is 10.2. The average molecular weight is 330 g/mol. The number of Topliss-reactive ketones (excluding diaryl/α,β-unsaturated/α-hetero) is 1. The van der Waals surface area contributed by atoms with Gasteiger partial charge in [0.25, 0.3) is 0 Å². The van der Waals surface area contributed by atoms with E-state index in [0.717, 1.165) is 0 Å². The summed E-state index contributed by atoms with van der Waals surface area (Å²) < 4.78 is 23.8. The fourth-order valence-electron chi connectivity index (χ4n) is 2.11. The van der Waals surface area contributed by atoms with Crippen molar-refractivity contribution in [1.82, 2.24) is 0 Å². The summed E-state index contributed by atoms with van der Waals surface area (Å²) in [6.45, 7) is 2.14. The lowest BCUT2D eigenvalue weighted by Crippen LogP contribution is -2.08. The summed E-state index contributed by atoms with van der Waals surface area (Å²) in [6.07, 6.45) is 0.173. The van der Waals surface area contributed by atoms with Crippen LogP contribution in [0.5, 0.6) is 5.75 Å². The Bertz CT molecular complexity index is 695. The second kappa shape index (κ2) is 8.82. The van der Waals surface area contributed by atoms with Crippen LogP contribution in [0.1, 0.15) is 35.7 Å². The summed E-state index contributed by atoms with van der Waals surface area (Å²) in [6, 6.07) is 13.0. The maximum Gasteiger partial charge on any atom is 0.306 e. The molecule has 0 unspecified atom stereocenters. The minimum absolute atomic E-state index is 0.0677. The molecule has 0 aromatic heterocycles. The maximum absolute atomic E-state index is 13.5. The molecular formula is C19H19FO4. The van der Waals surface area contributed by atoms with Gasteiger partial charge in [-0.1, -0.05) is 18.2 Å². The van der Waals surface area contributed by atoms with Gasteiger partial charge in [0.15, 0.2) is 5.78 Å². The topological polar surface area (TPSA) is 52.6 Å². The molecule has 0 aliphatic heterocycles. The molecule has 0 atom stereocenters. The van der Waals surface area contributed by atoms with Crippen molar-refractivity contribution >= 4 is 11.8 Å². The Morgan fingerprint density at radius 3 is 2.38 bits per heavy atom. The molecule has 0 amide bonds. The fourth-order valence-corrected chi connectivity index (χ4v) is 2.11. The Hall–Kier alpha value is -2.69. The smallest absolute Gasteiger partial charge is 0.306 e. The van der Waals surface area contributed by atoms with Crippen LogP contribution in [-0.2, 0) is 16.1 Å². The van der Waals surface area contributed by atoms with Crippen LogP contribution in [0.15, 0.2) is 48.5 Å². The number of ether oxygens (including phenoxy) is 2.